The second-order valence-corrected chi connectivity index (χ2v) is 7.04. The minimum atomic E-state index is 0.937. The normalized spacial score (nSPS) is 29.6. The molecule has 0 aromatic heterocycles. The van der Waals surface area contributed by atoms with Crippen LogP contribution in [0.1, 0.15) is 13.8 Å². The topological polar surface area (TPSA) is 0 Å². The first-order valence-electron chi connectivity index (χ1n) is 3.05. The molecule has 8 heavy (non-hydrogen) atoms. The van der Waals surface area contributed by atoms with E-state index in [9.17, 15) is 0 Å². The van der Waals surface area contributed by atoms with E-state index in [1.54, 1.807) is 0 Å². The molecule has 0 spiro atoms. The van der Waals surface area contributed by atoms with Gasteiger partial charge in [-0.2, -0.15) is 0 Å². The third-order valence-corrected chi connectivity index (χ3v) is 6.12. The molecule has 0 aromatic rings. The molecule has 0 N–H and O–H groups in total. The molecular weight excluding hydrogens is 183 g/mol. The van der Waals surface area contributed by atoms with Crippen LogP contribution in [0.4, 0.5) is 0 Å². The van der Waals surface area contributed by atoms with E-state index in [0.29, 0.717) is 0 Å². The molecular formula is C6H12SSe. The van der Waals surface area contributed by atoms with E-state index in [0.717, 1.165) is 25.7 Å². The summed E-state index contributed by atoms with van der Waals surface area (Å²) >= 11 is 0.939. The van der Waals surface area contributed by atoms with Crippen molar-refractivity contribution in [1.29, 1.82) is 0 Å². The number of hydrogen-bond acceptors (Lipinski definition) is 1. The van der Waals surface area contributed by atoms with Crippen LogP contribution in [0.5, 0.6) is 0 Å². The van der Waals surface area contributed by atoms with Crippen LogP contribution in [0, 0.1) is 11.8 Å². The van der Waals surface area contributed by atoms with Crippen molar-refractivity contribution in [1.82, 2.24) is 0 Å². The Bertz CT molecular complexity index is 66.9. The summed E-state index contributed by atoms with van der Waals surface area (Å²) in [6.07, 6.45) is 0. The summed E-state index contributed by atoms with van der Waals surface area (Å²) in [4.78, 5) is 0. The van der Waals surface area contributed by atoms with E-state index in [4.69, 9.17) is 0 Å². The summed E-state index contributed by atoms with van der Waals surface area (Å²) in [6, 6.07) is 0. The second-order valence-electron chi connectivity index (χ2n) is 2.57. The van der Waals surface area contributed by atoms with Gasteiger partial charge in [0.2, 0.25) is 0 Å². The van der Waals surface area contributed by atoms with E-state index in [2.05, 4.69) is 24.0 Å². The molecule has 1 unspecified atom stereocenters. The van der Waals surface area contributed by atoms with Crippen molar-refractivity contribution in [3.63, 3.8) is 0 Å². The summed E-state index contributed by atoms with van der Waals surface area (Å²) in [5.74, 6) is 3.43. The molecule has 1 atom stereocenters. The van der Waals surface area contributed by atoms with Gasteiger partial charge in [-0.3, -0.25) is 0 Å². The Kier molecular flexibility index (Phi) is 2.74. The van der Waals surface area contributed by atoms with Crippen molar-refractivity contribution < 1.29 is 0 Å². The van der Waals surface area contributed by atoms with Crippen LogP contribution >= 0.6 is 10.2 Å². The molecule has 0 saturated carbocycles. The number of rotatable bonds is 1. The fourth-order valence-electron chi connectivity index (χ4n) is 0.704. The summed E-state index contributed by atoms with van der Waals surface area (Å²) in [6.45, 7) is 4.68. The minimum absolute atomic E-state index is 0.937. The van der Waals surface area contributed by atoms with Crippen molar-refractivity contribution in [2.24, 2.45) is 11.8 Å². The van der Waals surface area contributed by atoms with Gasteiger partial charge in [-0.25, -0.2) is 0 Å². The average Bonchev–Trinajstić information content (AvgIpc) is 2.12. The zero-order valence-corrected chi connectivity index (χ0v) is 7.91. The van der Waals surface area contributed by atoms with E-state index in [1.165, 1.54) is 11.1 Å². The predicted molar refractivity (Wildman–Crippen MR) is 41.3 cm³/mol. The summed E-state index contributed by atoms with van der Waals surface area (Å²) < 4.78 is 0. The van der Waals surface area contributed by atoms with Gasteiger partial charge < -0.3 is 0 Å². The van der Waals surface area contributed by atoms with Crippen molar-refractivity contribution in [2.45, 2.75) is 19.2 Å². The predicted octanol–water partition coefficient (Wildman–Crippen LogP) is 2.04. The van der Waals surface area contributed by atoms with Gasteiger partial charge in [-0.05, 0) is 0 Å². The molecule has 0 aliphatic carbocycles. The van der Waals surface area contributed by atoms with Crippen LogP contribution < -0.4 is 0 Å². The Labute approximate surface area is 61.0 Å². The second kappa shape index (κ2) is 3.14. The molecule has 0 nitrogen and oxygen atoms in total. The number of hydrogen-bond donors (Lipinski definition) is 0. The molecule has 1 aliphatic heterocycles. The van der Waals surface area contributed by atoms with E-state index in [-0.39, 0.29) is 0 Å². The molecule has 2 heteroatoms. The van der Waals surface area contributed by atoms with Gasteiger partial charge in [0.15, 0.2) is 0 Å². The molecule has 1 fully saturated rings. The van der Waals surface area contributed by atoms with Gasteiger partial charge in [-0.15, -0.1) is 0 Å². The molecule has 1 saturated heterocycles. The van der Waals surface area contributed by atoms with Crippen molar-refractivity contribution in [3.05, 3.63) is 0 Å². The Morgan fingerprint density at radius 3 is 2.62 bits per heavy atom. The quantitative estimate of drug-likeness (QED) is 0.577. The van der Waals surface area contributed by atoms with E-state index < -0.39 is 0 Å². The van der Waals surface area contributed by atoms with Gasteiger partial charge in [0.25, 0.3) is 0 Å². The van der Waals surface area contributed by atoms with Gasteiger partial charge in [0.05, 0.1) is 0 Å². The fraction of sp³-hybridized carbons (Fsp3) is 1.00. The van der Waals surface area contributed by atoms with Crippen LogP contribution in [0.15, 0.2) is 0 Å². The molecule has 1 heterocycles. The van der Waals surface area contributed by atoms with Crippen molar-refractivity contribution in [2.75, 3.05) is 5.75 Å². The fourth-order valence-corrected chi connectivity index (χ4v) is 6.55. The third-order valence-electron chi connectivity index (χ3n) is 1.59. The van der Waals surface area contributed by atoms with Crippen LogP contribution in [0.25, 0.3) is 0 Å². The summed E-state index contributed by atoms with van der Waals surface area (Å²) in [7, 11) is 2.17. The first-order chi connectivity index (χ1) is 3.80. The van der Waals surface area contributed by atoms with Crippen molar-refractivity contribution >= 4 is 24.0 Å². The van der Waals surface area contributed by atoms with Crippen LogP contribution in [0.2, 0.25) is 5.32 Å². The SMILES string of the molecule is CC(C)C1CS[Se]C1. The van der Waals surface area contributed by atoms with Gasteiger partial charge >= 0.3 is 60.8 Å². The molecule has 0 radical (unpaired) electrons. The molecule has 1 rings (SSSR count). The van der Waals surface area contributed by atoms with Gasteiger partial charge in [0, 0.05) is 0 Å². The van der Waals surface area contributed by atoms with Gasteiger partial charge in [-0.1, -0.05) is 0 Å². The summed E-state index contributed by atoms with van der Waals surface area (Å²) in [5.41, 5.74) is 0. The van der Waals surface area contributed by atoms with Crippen LogP contribution in [0.3, 0.4) is 0 Å². The van der Waals surface area contributed by atoms with Crippen LogP contribution in [-0.2, 0) is 0 Å². The monoisotopic (exact) mass is 196 g/mol. The molecule has 0 bridgehead atoms. The van der Waals surface area contributed by atoms with Crippen LogP contribution in [-0.4, -0.2) is 19.6 Å². The Hall–Kier alpha value is 0.869. The first-order valence-corrected chi connectivity index (χ1v) is 7.27. The third kappa shape index (κ3) is 1.68. The molecule has 1 aliphatic rings. The van der Waals surface area contributed by atoms with E-state index in [1.807, 2.05) is 0 Å². The summed E-state index contributed by atoms with van der Waals surface area (Å²) in [5, 5.41) is 1.52. The van der Waals surface area contributed by atoms with E-state index >= 15 is 0 Å². The maximum atomic E-state index is 2.34. The zero-order chi connectivity index (χ0) is 5.98. The molecule has 0 aromatic carbocycles. The average molecular weight is 195 g/mol. The molecule has 0 amide bonds. The molecule has 48 valence electrons. The first kappa shape index (κ1) is 6.98. The van der Waals surface area contributed by atoms with Gasteiger partial charge in [0.1, 0.15) is 0 Å². The Balaban J connectivity index is 2.24. The standard InChI is InChI=1S/C6H12SSe/c1-5(2)6-3-7-8-4-6/h5-6H,3-4H2,1-2H3. The zero-order valence-electron chi connectivity index (χ0n) is 5.39. The Morgan fingerprint density at radius 2 is 2.38 bits per heavy atom. The maximum absolute atomic E-state index is 2.34. The Morgan fingerprint density at radius 1 is 1.62 bits per heavy atom. The van der Waals surface area contributed by atoms with Crippen molar-refractivity contribution in [3.8, 4) is 0 Å².